The van der Waals surface area contributed by atoms with Crippen LogP contribution < -0.4 is 16.7 Å². The molecule has 162 valence electrons. The Hall–Kier alpha value is -2.83. The molecule has 0 bridgehead atoms. The summed E-state index contributed by atoms with van der Waals surface area (Å²) in [4.78, 5) is 48.8. The lowest BCUT2D eigenvalue weighted by Crippen LogP contribution is -2.44. The van der Waals surface area contributed by atoms with Crippen LogP contribution in [0.15, 0.2) is 21.7 Å². The Morgan fingerprint density at radius 2 is 1.83 bits per heavy atom. The topological polar surface area (TPSA) is 125 Å². The van der Waals surface area contributed by atoms with Gasteiger partial charge in [-0.3, -0.25) is 13.9 Å². The zero-order chi connectivity index (χ0) is 22.7. The van der Waals surface area contributed by atoms with Crippen LogP contribution in [0.2, 0.25) is 5.02 Å². The molecule has 0 radical (unpaired) electrons. The molecule has 30 heavy (non-hydrogen) atoms. The van der Waals surface area contributed by atoms with Gasteiger partial charge in [0.1, 0.15) is 5.82 Å². The average Bonchev–Trinajstić information content (AvgIpc) is 2.70. The highest BCUT2D eigenvalue weighted by Crippen LogP contribution is 2.22. The van der Waals surface area contributed by atoms with Crippen molar-refractivity contribution in [2.45, 2.75) is 13.0 Å². The quantitative estimate of drug-likeness (QED) is 0.461. The molecule has 2 N–H and O–H groups in total. The van der Waals surface area contributed by atoms with Gasteiger partial charge in [0.2, 0.25) is 0 Å². The number of nitrogens with one attached hydrogen (secondary N) is 1. The first-order chi connectivity index (χ1) is 14.0. The molecule has 0 aliphatic heterocycles. The van der Waals surface area contributed by atoms with Crippen molar-refractivity contribution >= 4 is 35.7 Å². The maximum absolute atomic E-state index is 14.5. The predicted octanol–water partition coefficient (Wildman–Crippen LogP) is 0.0505. The SMILES string of the molecule is CCOC(=O)C(O)CNC(=O)c1cc(-n2c(=O)n(C)c(=S)n(C)c2=O)c(F)cc1Cl. The highest BCUT2D eigenvalue weighted by molar-refractivity contribution is 7.71. The van der Waals surface area contributed by atoms with E-state index in [2.05, 4.69) is 10.1 Å². The van der Waals surface area contributed by atoms with Crippen LogP contribution in [-0.4, -0.2) is 49.9 Å². The molecular weight excluding hydrogens is 443 g/mol. The minimum atomic E-state index is -1.62. The van der Waals surface area contributed by atoms with Gasteiger partial charge < -0.3 is 15.2 Å². The first-order valence-corrected chi connectivity index (χ1v) is 9.31. The third-order valence-electron chi connectivity index (χ3n) is 4.07. The van der Waals surface area contributed by atoms with Gasteiger partial charge in [-0.25, -0.2) is 23.3 Å². The summed E-state index contributed by atoms with van der Waals surface area (Å²) in [6, 6.07) is 1.68. The number of ether oxygens (including phenoxy) is 1. The fraction of sp³-hybridized carbons (Fsp3) is 0.353. The lowest BCUT2D eigenvalue weighted by molar-refractivity contribution is -0.152. The van der Waals surface area contributed by atoms with Crippen molar-refractivity contribution < 1.29 is 23.8 Å². The van der Waals surface area contributed by atoms with Crippen LogP contribution in [0, 0.1) is 10.6 Å². The minimum Gasteiger partial charge on any atom is -0.464 e. The van der Waals surface area contributed by atoms with Crippen molar-refractivity contribution in [3.63, 3.8) is 0 Å². The van der Waals surface area contributed by atoms with Crippen molar-refractivity contribution in [2.75, 3.05) is 13.2 Å². The second-order valence-corrected chi connectivity index (χ2v) is 6.83. The first kappa shape index (κ1) is 23.4. The third kappa shape index (κ3) is 4.50. The number of benzene rings is 1. The lowest BCUT2D eigenvalue weighted by Gasteiger charge is -2.14. The molecule has 1 aromatic heterocycles. The van der Waals surface area contributed by atoms with E-state index in [1.165, 1.54) is 14.1 Å². The highest BCUT2D eigenvalue weighted by atomic mass is 35.5. The summed E-state index contributed by atoms with van der Waals surface area (Å²) in [7, 11) is 2.61. The summed E-state index contributed by atoms with van der Waals surface area (Å²) >= 11 is 10.9. The Morgan fingerprint density at radius 1 is 1.27 bits per heavy atom. The van der Waals surface area contributed by atoms with Gasteiger partial charge in [0.15, 0.2) is 10.9 Å². The number of esters is 1. The van der Waals surface area contributed by atoms with Crippen LogP contribution in [0.1, 0.15) is 17.3 Å². The van der Waals surface area contributed by atoms with Crippen molar-refractivity contribution in [1.82, 2.24) is 19.0 Å². The maximum Gasteiger partial charge on any atom is 0.338 e. The minimum absolute atomic E-state index is 0.0429. The van der Waals surface area contributed by atoms with Gasteiger partial charge in [-0.15, -0.1) is 0 Å². The summed E-state index contributed by atoms with van der Waals surface area (Å²) in [5.74, 6) is -2.84. The fourth-order valence-corrected chi connectivity index (χ4v) is 2.86. The number of aliphatic hydroxyl groups is 1. The molecule has 13 heteroatoms. The van der Waals surface area contributed by atoms with Gasteiger partial charge >= 0.3 is 17.3 Å². The maximum atomic E-state index is 14.5. The van der Waals surface area contributed by atoms with Crippen LogP contribution >= 0.6 is 23.8 Å². The van der Waals surface area contributed by atoms with Crippen LogP contribution in [0.5, 0.6) is 0 Å². The fourth-order valence-electron chi connectivity index (χ4n) is 2.47. The standard InChI is InChI=1S/C17H18ClFN4O6S/c1-4-29-14(26)12(24)7-20-13(25)8-5-11(10(19)6-9(8)18)23-15(27)21(2)17(30)22(3)16(23)28/h5-6,12,24H,4,7H2,1-3H3,(H,20,25). The molecular formula is C17H18ClFN4O6S. The molecule has 1 heterocycles. The molecule has 1 unspecified atom stereocenters. The van der Waals surface area contributed by atoms with E-state index in [9.17, 15) is 28.7 Å². The molecule has 1 amide bonds. The zero-order valence-corrected chi connectivity index (χ0v) is 17.7. The molecule has 0 aliphatic carbocycles. The van der Waals surface area contributed by atoms with Gasteiger partial charge in [0.05, 0.1) is 29.4 Å². The van der Waals surface area contributed by atoms with E-state index in [0.717, 1.165) is 21.3 Å². The molecule has 0 fully saturated rings. The normalized spacial score (nSPS) is 11.8. The Balaban J connectivity index is 2.49. The second kappa shape index (κ2) is 9.32. The molecule has 0 saturated heterocycles. The Kier molecular flexibility index (Phi) is 7.29. The third-order valence-corrected chi connectivity index (χ3v) is 4.93. The van der Waals surface area contributed by atoms with E-state index < -0.39 is 47.4 Å². The zero-order valence-electron chi connectivity index (χ0n) is 16.1. The van der Waals surface area contributed by atoms with E-state index in [-0.39, 0.29) is 22.0 Å². The van der Waals surface area contributed by atoms with Crippen LogP contribution in [0.25, 0.3) is 5.69 Å². The molecule has 2 aromatic rings. The average molecular weight is 461 g/mol. The molecule has 1 atom stereocenters. The largest absolute Gasteiger partial charge is 0.464 e. The van der Waals surface area contributed by atoms with Crippen LogP contribution in [-0.2, 0) is 23.6 Å². The molecule has 10 nitrogen and oxygen atoms in total. The summed E-state index contributed by atoms with van der Waals surface area (Å²) in [6.45, 7) is 1.09. The van der Waals surface area contributed by atoms with E-state index in [0.29, 0.717) is 4.57 Å². The summed E-state index contributed by atoms with van der Waals surface area (Å²) in [5, 5.41) is 11.6. The number of amides is 1. The number of nitrogens with zero attached hydrogens (tertiary/aromatic N) is 3. The smallest absolute Gasteiger partial charge is 0.338 e. The van der Waals surface area contributed by atoms with E-state index >= 15 is 0 Å². The van der Waals surface area contributed by atoms with Gasteiger partial charge in [0.25, 0.3) is 5.91 Å². The van der Waals surface area contributed by atoms with Crippen molar-refractivity contribution in [3.05, 3.63) is 54.3 Å². The number of aromatic nitrogens is 3. The molecule has 2 rings (SSSR count). The summed E-state index contributed by atoms with van der Waals surface area (Å²) < 4.78 is 21.5. The number of halogens is 2. The van der Waals surface area contributed by atoms with E-state index in [1.807, 2.05) is 0 Å². The lowest BCUT2D eigenvalue weighted by atomic mass is 10.1. The number of carbonyl (C=O) groups is 2. The van der Waals surface area contributed by atoms with Crippen molar-refractivity contribution in [1.29, 1.82) is 0 Å². The number of aliphatic hydroxyl groups excluding tert-OH is 1. The van der Waals surface area contributed by atoms with Gasteiger partial charge in [-0.1, -0.05) is 11.6 Å². The van der Waals surface area contributed by atoms with Gasteiger partial charge in [-0.2, -0.15) is 0 Å². The highest BCUT2D eigenvalue weighted by Gasteiger charge is 2.22. The monoisotopic (exact) mass is 460 g/mol. The van der Waals surface area contributed by atoms with Crippen molar-refractivity contribution in [2.24, 2.45) is 14.1 Å². The molecule has 1 aromatic carbocycles. The summed E-state index contributed by atoms with van der Waals surface area (Å²) in [6.07, 6.45) is -1.62. The van der Waals surface area contributed by atoms with Crippen LogP contribution in [0.3, 0.4) is 0 Å². The predicted molar refractivity (Wildman–Crippen MR) is 107 cm³/mol. The number of hydrogen-bond donors (Lipinski definition) is 2. The Labute approximate surface area is 179 Å². The van der Waals surface area contributed by atoms with Crippen molar-refractivity contribution in [3.8, 4) is 5.69 Å². The van der Waals surface area contributed by atoms with Crippen LogP contribution in [0.4, 0.5) is 4.39 Å². The molecule has 0 aliphatic rings. The van der Waals surface area contributed by atoms with E-state index in [4.69, 9.17) is 23.8 Å². The Bertz CT molecular complexity index is 1150. The molecule has 0 saturated carbocycles. The second-order valence-electron chi connectivity index (χ2n) is 6.06. The summed E-state index contributed by atoms with van der Waals surface area (Å²) in [5.41, 5.74) is -2.66. The first-order valence-electron chi connectivity index (χ1n) is 8.52. The van der Waals surface area contributed by atoms with Gasteiger partial charge in [-0.05, 0) is 31.3 Å². The Morgan fingerprint density at radius 3 is 2.37 bits per heavy atom. The number of carbonyl (C=O) groups excluding carboxylic acids is 2. The number of hydrogen-bond acceptors (Lipinski definition) is 7. The van der Waals surface area contributed by atoms with E-state index in [1.54, 1.807) is 6.92 Å². The number of rotatable bonds is 6. The van der Waals surface area contributed by atoms with Gasteiger partial charge in [0, 0.05) is 14.1 Å². The molecule has 0 spiro atoms.